The molecule has 1 aromatic rings. The van der Waals surface area contributed by atoms with E-state index in [-0.39, 0.29) is 6.54 Å². The van der Waals surface area contributed by atoms with Crippen LogP contribution in [0.3, 0.4) is 0 Å². The van der Waals surface area contributed by atoms with Gasteiger partial charge < -0.3 is 20.8 Å². The Morgan fingerprint density at radius 2 is 2.21 bits per heavy atom. The zero-order valence-corrected chi connectivity index (χ0v) is 10.7. The predicted molar refractivity (Wildman–Crippen MR) is 64.3 cm³/mol. The second-order valence-corrected chi connectivity index (χ2v) is 4.04. The van der Waals surface area contributed by atoms with Crippen LogP contribution >= 0.6 is 0 Å². The minimum atomic E-state index is -1.34. The van der Waals surface area contributed by atoms with Gasteiger partial charge in [0.2, 0.25) is 0 Å². The first-order valence-corrected chi connectivity index (χ1v) is 5.70. The van der Waals surface area contributed by atoms with Gasteiger partial charge in [0.25, 0.3) is 0 Å². The number of carboxylic acids is 1. The summed E-state index contributed by atoms with van der Waals surface area (Å²) in [5.74, 6) is -0.718. The number of carbonyl (C=O) groups is 2. The number of aliphatic carboxylic acids is 1. The predicted octanol–water partition coefficient (Wildman–Crippen LogP) is -1.51. The third-order valence-corrected chi connectivity index (χ3v) is 2.32. The smallest absolute Gasteiger partial charge is 0.328 e. The van der Waals surface area contributed by atoms with Crippen LogP contribution in [-0.2, 0) is 18.3 Å². The van der Waals surface area contributed by atoms with Gasteiger partial charge >= 0.3 is 12.0 Å². The summed E-state index contributed by atoms with van der Waals surface area (Å²) < 4.78 is 1.54. The van der Waals surface area contributed by atoms with E-state index in [9.17, 15) is 14.7 Å². The third kappa shape index (κ3) is 4.92. The van der Waals surface area contributed by atoms with E-state index in [1.165, 1.54) is 6.92 Å². The van der Waals surface area contributed by atoms with Crippen molar-refractivity contribution in [2.75, 3.05) is 6.54 Å². The average Bonchev–Trinajstić information content (AvgIpc) is 2.71. The zero-order chi connectivity index (χ0) is 14.4. The molecule has 0 aromatic carbocycles. The maximum atomic E-state index is 11.4. The summed E-state index contributed by atoms with van der Waals surface area (Å²) in [5, 5.41) is 26.6. The Bertz CT molecular complexity index is 445. The summed E-state index contributed by atoms with van der Waals surface area (Å²) in [4.78, 5) is 26.1. The van der Waals surface area contributed by atoms with Crippen LogP contribution in [0.25, 0.3) is 0 Å². The highest BCUT2D eigenvalue weighted by atomic mass is 16.4. The first kappa shape index (κ1) is 14.9. The van der Waals surface area contributed by atoms with E-state index < -0.39 is 24.1 Å². The second kappa shape index (κ2) is 6.69. The van der Waals surface area contributed by atoms with Gasteiger partial charge in [0.1, 0.15) is 6.33 Å². The van der Waals surface area contributed by atoms with E-state index in [2.05, 4.69) is 20.7 Å². The fourth-order valence-electron chi connectivity index (χ4n) is 1.37. The van der Waals surface area contributed by atoms with Gasteiger partial charge in [-0.2, -0.15) is 5.10 Å². The molecule has 0 fully saturated rings. The van der Waals surface area contributed by atoms with Gasteiger partial charge in [0.05, 0.1) is 6.10 Å². The lowest BCUT2D eigenvalue weighted by molar-refractivity contribution is -0.141. The fraction of sp³-hybridized carbons (Fsp3) is 0.600. The number of nitrogens with zero attached hydrogens (tertiary/aromatic N) is 3. The second-order valence-electron chi connectivity index (χ2n) is 4.04. The molecule has 9 heteroatoms. The summed E-state index contributed by atoms with van der Waals surface area (Å²) in [6.07, 6.45) is 0.796. The van der Waals surface area contributed by atoms with Crippen molar-refractivity contribution in [3.8, 4) is 0 Å². The first-order chi connectivity index (χ1) is 8.90. The number of aromatic nitrogens is 3. The van der Waals surface area contributed by atoms with Crippen LogP contribution in [0.5, 0.6) is 0 Å². The quantitative estimate of drug-likeness (QED) is 0.498. The number of aliphatic hydroxyl groups excluding tert-OH is 1. The molecule has 19 heavy (non-hydrogen) atoms. The topological polar surface area (TPSA) is 129 Å². The molecular formula is C10H17N5O4. The molecule has 1 rings (SSSR count). The van der Waals surface area contributed by atoms with Gasteiger partial charge in [-0.05, 0) is 6.92 Å². The normalized spacial score (nSPS) is 13.6. The molecule has 1 aromatic heterocycles. The monoisotopic (exact) mass is 271 g/mol. The number of urea groups is 1. The van der Waals surface area contributed by atoms with Crippen LogP contribution in [0.15, 0.2) is 6.33 Å². The van der Waals surface area contributed by atoms with Gasteiger partial charge in [-0.25, -0.2) is 14.6 Å². The minimum absolute atomic E-state index is 0.266. The van der Waals surface area contributed by atoms with Gasteiger partial charge in [0, 0.05) is 20.0 Å². The molecule has 9 nitrogen and oxygen atoms in total. The number of amides is 2. The Balaban J connectivity index is 2.33. The van der Waals surface area contributed by atoms with Crippen LogP contribution in [0.2, 0.25) is 0 Å². The van der Waals surface area contributed by atoms with Crippen molar-refractivity contribution in [3.63, 3.8) is 0 Å². The molecule has 0 saturated carbocycles. The number of rotatable bonds is 6. The van der Waals surface area contributed by atoms with E-state index in [0.717, 1.165) is 0 Å². The number of carbonyl (C=O) groups excluding carboxylic acids is 1. The first-order valence-electron chi connectivity index (χ1n) is 5.70. The molecule has 0 bridgehead atoms. The lowest BCUT2D eigenvalue weighted by Gasteiger charge is -2.17. The standard InChI is InChI=1S/C10H17N5O4/c1-6(16)8(9(17)18)13-10(19)11-4-3-7-12-5-15(2)14-7/h5-6,8,16H,3-4H2,1-2H3,(H,17,18)(H2,11,13,19)/t6-,8+/m1/s1. The summed E-state index contributed by atoms with van der Waals surface area (Å²) >= 11 is 0. The lowest BCUT2D eigenvalue weighted by Crippen LogP contribution is -2.51. The molecule has 0 aliphatic carbocycles. The number of hydrogen-bond acceptors (Lipinski definition) is 5. The molecule has 0 aliphatic rings. The van der Waals surface area contributed by atoms with E-state index in [1.807, 2.05) is 0 Å². The molecular weight excluding hydrogens is 254 g/mol. The molecule has 0 aliphatic heterocycles. The third-order valence-electron chi connectivity index (χ3n) is 2.32. The maximum Gasteiger partial charge on any atom is 0.328 e. The summed E-state index contributed by atoms with van der Waals surface area (Å²) in [7, 11) is 1.73. The van der Waals surface area contributed by atoms with Gasteiger partial charge in [-0.3, -0.25) is 4.68 Å². The Morgan fingerprint density at radius 1 is 1.53 bits per heavy atom. The zero-order valence-electron chi connectivity index (χ0n) is 10.7. The fourth-order valence-corrected chi connectivity index (χ4v) is 1.37. The highest BCUT2D eigenvalue weighted by molar-refractivity contribution is 5.82. The molecule has 106 valence electrons. The molecule has 1 heterocycles. The van der Waals surface area contributed by atoms with E-state index in [1.54, 1.807) is 18.1 Å². The van der Waals surface area contributed by atoms with Crippen LogP contribution in [0.1, 0.15) is 12.7 Å². The Labute approximate surface area is 109 Å². The largest absolute Gasteiger partial charge is 0.480 e. The van der Waals surface area contributed by atoms with Crippen molar-refractivity contribution in [1.82, 2.24) is 25.4 Å². The van der Waals surface area contributed by atoms with Gasteiger partial charge in [-0.1, -0.05) is 0 Å². The minimum Gasteiger partial charge on any atom is -0.480 e. The summed E-state index contributed by atoms with van der Waals surface area (Å²) in [6, 6.07) is -2.00. The average molecular weight is 271 g/mol. The van der Waals surface area contributed by atoms with Gasteiger partial charge in [-0.15, -0.1) is 0 Å². The van der Waals surface area contributed by atoms with Crippen LogP contribution in [-0.4, -0.2) is 55.7 Å². The number of hydrogen-bond donors (Lipinski definition) is 4. The molecule has 2 amide bonds. The molecule has 4 N–H and O–H groups in total. The number of aryl methyl sites for hydroxylation is 1. The highest BCUT2D eigenvalue weighted by Gasteiger charge is 2.24. The maximum absolute atomic E-state index is 11.4. The van der Waals surface area contributed by atoms with Crippen LogP contribution in [0, 0.1) is 0 Å². The van der Waals surface area contributed by atoms with Crippen LogP contribution < -0.4 is 10.6 Å². The van der Waals surface area contributed by atoms with Crippen molar-refractivity contribution in [2.45, 2.75) is 25.5 Å². The van der Waals surface area contributed by atoms with Crippen molar-refractivity contribution in [2.24, 2.45) is 7.05 Å². The Morgan fingerprint density at radius 3 is 2.68 bits per heavy atom. The molecule has 0 unspecified atom stereocenters. The molecule has 2 atom stereocenters. The van der Waals surface area contributed by atoms with Crippen LogP contribution in [0.4, 0.5) is 4.79 Å². The van der Waals surface area contributed by atoms with E-state index in [0.29, 0.717) is 12.2 Å². The van der Waals surface area contributed by atoms with Crippen molar-refractivity contribution in [1.29, 1.82) is 0 Å². The molecule has 0 radical (unpaired) electrons. The highest BCUT2D eigenvalue weighted by Crippen LogP contribution is 1.93. The lowest BCUT2D eigenvalue weighted by atomic mass is 10.2. The molecule has 0 spiro atoms. The number of nitrogens with one attached hydrogen (secondary N) is 2. The van der Waals surface area contributed by atoms with E-state index in [4.69, 9.17) is 5.11 Å². The van der Waals surface area contributed by atoms with Crippen molar-refractivity contribution >= 4 is 12.0 Å². The van der Waals surface area contributed by atoms with Gasteiger partial charge in [0.15, 0.2) is 11.9 Å². The SMILES string of the molecule is C[C@@H](O)[C@H](NC(=O)NCCc1ncn(C)n1)C(=O)O. The van der Waals surface area contributed by atoms with E-state index >= 15 is 0 Å². The van der Waals surface area contributed by atoms with Crippen molar-refractivity contribution < 1.29 is 19.8 Å². The molecule has 0 saturated heterocycles. The summed E-state index contributed by atoms with van der Waals surface area (Å²) in [6.45, 7) is 1.55. The Kier molecular flexibility index (Phi) is 5.24. The number of aliphatic hydroxyl groups is 1. The number of carboxylic acid groups (broad SMARTS) is 1. The van der Waals surface area contributed by atoms with Crippen molar-refractivity contribution in [3.05, 3.63) is 12.2 Å². The summed E-state index contributed by atoms with van der Waals surface area (Å²) in [5.41, 5.74) is 0. The Hall–Kier alpha value is -2.16.